The molecule has 0 aromatic heterocycles. The molecular weight excluding hydrogens is 432 g/mol. The Morgan fingerprint density at radius 2 is 1.87 bits per heavy atom. The third-order valence-corrected chi connectivity index (χ3v) is 7.13. The van der Waals surface area contributed by atoms with Crippen molar-refractivity contribution in [2.24, 2.45) is 5.92 Å². The van der Waals surface area contributed by atoms with Crippen LogP contribution in [0.5, 0.6) is 5.75 Å². The van der Waals surface area contributed by atoms with E-state index in [1.165, 1.54) is 24.3 Å². The average molecular weight is 453 g/mol. The molecule has 0 saturated heterocycles. The third-order valence-electron chi connectivity index (χ3n) is 4.00. The first-order chi connectivity index (χ1) is 11.0. The molecule has 0 heterocycles. The summed E-state index contributed by atoms with van der Waals surface area (Å²) in [6.07, 6.45) is 4.24. The van der Waals surface area contributed by atoms with Gasteiger partial charge < -0.3 is 4.52 Å². The zero-order chi connectivity index (χ0) is 16.9. The second-order valence-electron chi connectivity index (χ2n) is 5.67. The van der Waals surface area contributed by atoms with E-state index in [4.69, 9.17) is 9.05 Å². The van der Waals surface area contributed by atoms with E-state index in [1.807, 2.05) is 0 Å². The van der Waals surface area contributed by atoms with Gasteiger partial charge in [-0.25, -0.2) is 4.57 Å². The van der Waals surface area contributed by atoms with E-state index in [-0.39, 0.29) is 18.0 Å². The number of alkyl halides is 1. The van der Waals surface area contributed by atoms with Crippen LogP contribution in [0.3, 0.4) is 0 Å². The number of non-ortho nitro benzene ring substituents is 1. The molecule has 8 heteroatoms. The van der Waals surface area contributed by atoms with Gasteiger partial charge in [-0.2, -0.15) is 0 Å². The predicted octanol–water partition coefficient (Wildman–Crippen LogP) is 5.20. The normalized spacial score (nSPS) is 23.9. The number of hydrogen-bond acceptors (Lipinski definition) is 5. The quantitative estimate of drug-likeness (QED) is 0.187. The fourth-order valence-electron chi connectivity index (χ4n) is 2.57. The summed E-state index contributed by atoms with van der Waals surface area (Å²) in [5.74, 6) is 1.06. The maximum absolute atomic E-state index is 12.8. The lowest BCUT2D eigenvalue weighted by Crippen LogP contribution is -2.22. The summed E-state index contributed by atoms with van der Waals surface area (Å²) in [7, 11) is -3.23. The van der Waals surface area contributed by atoms with Crippen LogP contribution in [-0.2, 0) is 9.09 Å². The van der Waals surface area contributed by atoms with E-state index in [1.54, 1.807) is 6.92 Å². The minimum absolute atomic E-state index is 0.0262. The topological polar surface area (TPSA) is 78.7 Å². The monoisotopic (exact) mass is 453 g/mol. The summed E-state index contributed by atoms with van der Waals surface area (Å²) in [4.78, 5) is 10.2. The SMILES string of the molecule is CCP(=O)(Oc1ccc([N+](=O)[O-])cc1)OC1CCC(CI)CC1. The Kier molecular flexibility index (Phi) is 6.85. The molecule has 1 aromatic carbocycles. The number of rotatable bonds is 7. The standard InChI is InChI=1S/C15H21INO5P/c1-2-23(20,21-14-7-3-12(11-16)4-8-14)22-15-9-5-13(6-10-15)17(18)19/h5-6,9-10,12,14H,2-4,7-8,11H2,1H3. The van der Waals surface area contributed by atoms with E-state index in [0.29, 0.717) is 5.75 Å². The third kappa shape index (κ3) is 5.43. The van der Waals surface area contributed by atoms with Gasteiger partial charge >= 0.3 is 7.60 Å². The minimum atomic E-state index is -3.23. The van der Waals surface area contributed by atoms with Crippen molar-refractivity contribution in [2.45, 2.75) is 38.7 Å². The van der Waals surface area contributed by atoms with Gasteiger partial charge in [-0.3, -0.25) is 14.6 Å². The second kappa shape index (κ2) is 8.44. The Balaban J connectivity index is 1.97. The van der Waals surface area contributed by atoms with Crippen LogP contribution in [0.4, 0.5) is 5.69 Å². The van der Waals surface area contributed by atoms with Crippen LogP contribution in [0.2, 0.25) is 0 Å². The molecule has 0 N–H and O–H groups in total. The van der Waals surface area contributed by atoms with Crippen LogP contribution in [0.1, 0.15) is 32.6 Å². The molecule has 1 fully saturated rings. The first kappa shape index (κ1) is 18.7. The van der Waals surface area contributed by atoms with Gasteiger partial charge in [0.05, 0.1) is 17.2 Å². The fourth-order valence-corrected chi connectivity index (χ4v) is 4.88. The maximum Gasteiger partial charge on any atom is 0.379 e. The molecule has 1 aliphatic rings. The van der Waals surface area contributed by atoms with Crippen LogP contribution < -0.4 is 4.52 Å². The van der Waals surface area contributed by atoms with Crippen LogP contribution in [0, 0.1) is 16.0 Å². The van der Waals surface area contributed by atoms with Gasteiger partial charge in [0.25, 0.3) is 5.69 Å². The van der Waals surface area contributed by atoms with Crippen molar-refractivity contribution in [3.05, 3.63) is 34.4 Å². The summed E-state index contributed by atoms with van der Waals surface area (Å²) in [6, 6.07) is 5.58. The van der Waals surface area contributed by atoms with E-state index in [0.717, 1.165) is 36.0 Å². The van der Waals surface area contributed by atoms with E-state index in [9.17, 15) is 14.7 Å². The van der Waals surface area contributed by atoms with Crippen molar-refractivity contribution in [3.8, 4) is 5.75 Å². The summed E-state index contributed by atoms with van der Waals surface area (Å²) < 4.78 is 25.3. The smallest absolute Gasteiger partial charge is 0.379 e. The first-order valence-corrected chi connectivity index (χ1v) is 11.0. The van der Waals surface area contributed by atoms with Crippen LogP contribution in [0.15, 0.2) is 24.3 Å². The molecule has 1 atom stereocenters. The highest BCUT2D eigenvalue weighted by Crippen LogP contribution is 2.51. The van der Waals surface area contributed by atoms with Crippen LogP contribution in [-0.4, -0.2) is 21.6 Å². The van der Waals surface area contributed by atoms with Crippen molar-refractivity contribution >= 4 is 35.9 Å². The Hall–Kier alpha value is -0.660. The van der Waals surface area contributed by atoms with Gasteiger partial charge in [-0.05, 0) is 43.7 Å². The zero-order valence-corrected chi connectivity index (χ0v) is 16.1. The Morgan fingerprint density at radius 3 is 2.35 bits per heavy atom. The molecule has 6 nitrogen and oxygen atoms in total. The number of nitro groups is 1. The van der Waals surface area contributed by atoms with Crippen molar-refractivity contribution in [2.75, 3.05) is 10.6 Å². The van der Waals surface area contributed by atoms with Gasteiger partial charge in [-0.15, -0.1) is 0 Å². The molecule has 1 saturated carbocycles. The molecule has 2 rings (SSSR count). The number of hydrogen-bond donors (Lipinski definition) is 0. The maximum atomic E-state index is 12.8. The highest BCUT2D eigenvalue weighted by molar-refractivity contribution is 14.1. The highest BCUT2D eigenvalue weighted by atomic mass is 127. The van der Waals surface area contributed by atoms with E-state index in [2.05, 4.69) is 22.6 Å². The van der Waals surface area contributed by atoms with Gasteiger partial charge in [0.2, 0.25) is 0 Å². The molecule has 1 unspecified atom stereocenters. The highest BCUT2D eigenvalue weighted by Gasteiger charge is 2.31. The van der Waals surface area contributed by atoms with Crippen LogP contribution in [0.25, 0.3) is 0 Å². The average Bonchev–Trinajstić information content (AvgIpc) is 2.56. The molecule has 0 bridgehead atoms. The largest absolute Gasteiger partial charge is 0.424 e. The van der Waals surface area contributed by atoms with Crippen molar-refractivity contribution in [1.29, 1.82) is 0 Å². The lowest BCUT2D eigenvalue weighted by atomic mass is 9.89. The van der Waals surface area contributed by atoms with Gasteiger partial charge in [0.1, 0.15) is 5.75 Å². The Labute approximate surface area is 149 Å². The van der Waals surface area contributed by atoms with Crippen molar-refractivity contribution in [1.82, 2.24) is 0 Å². The molecule has 0 aliphatic heterocycles. The molecule has 23 heavy (non-hydrogen) atoms. The second-order valence-corrected chi connectivity index (χ2v) is 8.80. The van der Waals surface area contributed by atoms with Crippen molar-refractivity contribution in [3.63, 3.8) is 0 Å². The lowest BCUT2D eigenvalue weighted by Gasteiger charge is -2.30. The Morgan fingerprint density at radius 1 is 1.26 bits per heavy atom. The fraction of sp³-hybridized carbons (Fsp3) is 0.600. The van der Waals surface area contributed by atoms with Gasteiger partial charge in [0, 0.05) is 16.6 Å². The van der Waals surface area contributed by atoms with Crippen LogP contribution >= 0.6 is 30.2 Å². The minimum Gasteiger partial charge on any atom is -0.424 e. The number of nitro benzene ring substituents is 1. The molecule has 1 aromatic rings. The molecule has 128 valence electrons. The van der Waals surface area contributed by atoms with Gasteiger partial charge in [0.15, 0.2) is 0 Å². The predicted molar refractivity (Wildman–Crippen MR) is 97.6 cm³/mol. The molecule has 1 aliphatic carbocycles. The zero-order valence-electron chi connectivity index (χ0n) is 13.0. The lowest BCUT2D eigenvalue weighted by molar-refractivity contribution is -0.384. The molecule has 0 spiro atoms. The number of halogens is 1. The van der Waals surface area contributed by atoms with E-state index >= 15 is 0 Å². The van der Waals surface area contributed by atoms with Crippen molar-refractivity contribution < 1.29 is 18.5 Å². The number of benzene rings is 1. The molecular formula is C15H21INO5P. The summed E-state index contributed by atoms with van der Waals surface area (Å²) in [5.41, 5.74) is -0.0262. The summed E-state index contributed by atoms with van der Waals surface area (Å²) in [5, 5.41) is 10.7. The Bertz CT molecular complexity index is 572. The summed E-state index contributed by atoms with van der Waals surface area (Å²) in [6.45, 7) is 1.77. The molecule has 0 radical (unpaired) electrons. The number of nitrogens with zero attached hydrogens (tertiary/aromatic N) is 1. The van der Waals surface area contributed by atoms with Gasteiger partial charge in [-0.1, -0.05) is 29.5 Å². The first-order valence-electron chi connectivity index (χ1n) is 7.73. The van der Waals surface area contributed by atoms with E-state index < -0.39 is 12.5 Å². The summed E-state index contributed by atoms with van der Waals surface area (Å²) >= 11 is 2.40. The molecule has 0 amide bonds.